The molecule has 1 fully saturated rings. The van der Waals surface area contributed by atoms with Gasteiger partial charge in [-0.3, -0.25) is 0 Å². The smallest absolute Gasteiger partial charge is 0.349 e. The normalized spacial score (nSPS) is 28.2. The molecule has 0 aromatic rings. The minimum atomic E-state index is -1.47. The maximum Gasteiger partial charge on any atom is 0.349 e. The second-order valence-electron chi connectivity index (χ2n) is 2.66. The van der Waals surface area contributed by atoms with E-state index in [1.54, 1.807) is 0 Å². The summed E-state index contributed by atoms with van der Waals surface area (Å²) in [5.41, 5.74) is 0. The van der Waals surface area contributed by atoms with Gasteiger partial charge >= 0.3 is 11.9 Å². The number of carboxylic acids is 1. The van der Waals surface area contributed by atoms with Gasteiger partial charge in [-0.05, 0) is 0 Å². The topological polar surface area (TPSA) is 72.8 Å². The molecule has 0 amide bonds. The number of cyclic esters (lactones) is 1. The lowest BCUT2D eigenvalue weighted by Crippen LogP contribution is -2.28. The molecule has 5 nitrogen and oxygen atoms in total. The first-order chi connectivity index (χ1) is 4.92. The van der Waals surface area contributed by atoms with Crippen molar-refractivity contribution in [2.75, 3.05) is 0 Å². The molecular formula is C6H8O5. The van der Waals surface area contributed by atoms with Gasteiger partial charge in [0.25, 0.3) is 6.10 Å². The van der Waals surface area contributed by atoms with E-state index in [0.29, 0.717) is 0 Å². The maximum absolute atomic E-state index is 10.7. The van der Waals surface area contributed by atoms with Crippen LogP contribution in [-0.2, 0) is 19.1 Å². The van der Waals surface area contributed by atoms with Crippen LogP contribution in [0.5, 0.6) is 0 Å². The van der Waals surface area contributed by atoms with E-state index in [4.69, 9.17) is 9.84 Å². The number of ether oxygens (including phenoxy) is 2. The number of carbonyl (C=O) groups is 2. The molecule has 1 rings (SSSR count). The fraction of sp³-hybridized carbons (Fsp3) is 0.667. The highest BCUT2D eigenvalue weighted by Gasteiger charge is 2.45. The van der Waals surface area contributed by atoms with E-state index in [9.17, 15) is 9.59 Å². The summed E-state index contributed by atoms with van der Waals surface area (Å²) in [6, 6.07) is 0. The van der Waals surface area contributed by atoms with E-state index >= 15 is 0 Å². The average molecular weight is 160 g/mol. The second kappa shape index (κ2) is 2.20. The molecule has 1 atom stereocenters. The van der Waals surface area contributed by atoms with Crippen molar-refractivity contribution in [3.63, 3.8) is 0 Å². The summed E-state index contributed by atoms with van der Waals surface area (Å²) in [7, 11) is 0. The first kappa shape index (κ1) is 8.00. The van der Waals surface area contributed by atoms with E-state index in [1.807, 2.05) is 0 Å². The number of carboxylic acid groups (broad SMARTS) is 1. The largest absolute Gasteiger partial charge is 0.479 e. The standard InChI is InChI=1S/C6H8O5/c1-6(2)10-3(4(7)8)5(9)11-6/h3H,1-2H3,(H,7,8)/t3-/m0/s1. The van der Waals surface area contributed by atoms with E-state index in [-0.39, 0.29) is 0 Å². The zero-order valence-electron chi connectivity index (χ0n) is 6.16. The highest BCUT2D eigenvalue weighted by atomic mass is 16.8. The van der Waals surface area contributed by atoms with E-state index in [2.05, 4.69) is 4.74 Å². The summed E-state index contributed by atoms with van der Waals surface area (Å²) in [5, 5.41) is 8.39. The molecular weight excluding hydrogens is 152 g/mol. The highest BCUT2D eigenvalue weighted by molar-refractivity contribution is 5.98. The van der Waals surface area contributed by atoms with Crippen LogP contribution in [0.25, 0.3) is 0 Å². The fourth-order valence-electron chi connectivity index (χ4n) is 0.803. The van der Waals surface area contributed by atoms with Gasteiger partial charge in [-0.1, -0.05) is 0 Å². The summed E-state index contributed by atoms with van der Waals surface area (Å²) in [6.07, 6.45) is -1.47. The predicted molar refractivity (Wildman–Crippen MR) is 32.7 cm³/mol. The van der Waals surface area contributed by atoms with Crippen LogP contribution >= 0.6 is 0 Å². The quantitative estimate of drug-likeness (QED) is 0.423. The van der Waals surface area contributed by atoms with Gasteiger partial charge in [0.2, 0.25) is 5.79 Å². The van der Waals surface area contributed by atoms with Crippen LogP contribution in [0.15, 0.2) is 0 Å². The highest BCUT2D eigenvalue weighted by Crippen LogP contribution is 2.23. The Bertz CT molecular complexity index is 207. The van der Waals surface area contributed by atoms with Crippen molar-refractivity contribution in [2.45, 2.75) is 25.7 Å². The minimum absolute atomic E-state index is 0.845. The molecule has 11 heavy (non-hydrogen) atoms. The molecule has 1 N–H and O–H groups in total. The monoisotopic (exact) mass is 160 g/mol. The molecule has 0 aromatic carbocycles. The Morgan fingerprint density at radius 2 is 2.18 bits per heavy atom. The number of esters is 1. The lowest BCUT2D eigenvalue weighted by Gasteiger charge is -2.13. The molecule has 5 heteroatoms. The van der Waals surface area contributed by atoms with Gasteiger partial charge in [0, 0.05) is 13.8 Å². The molecule has 1 aliphatic heterocycles. The first-order valence-electron chi connectivity index (χ1n) is 3.06. The molecule has 62 valence electrons. The van der Waals surface area contributed by atoms with Crippen LogP contribution in [0, 0.1) is 0 Å². The number of hydrogen-bond donors (Lipinski definition) is 1. The lowest BCUT2D eigenvalue weighted by molar-refractivity contribution is -0.167. The molecule has 1 heterocycles. The van der Waals surface area contributed by atoms with Crippen molar-refractivity contribution in [1.29, 1.82) is 0 Å². The van der Waals surface area contributed by atoms with Crippen LogP contribution in [0.2, 0.25) is 0 Å². The Morgan fingerprint density at radius 1 is 1.64 bits per heavy atom. The van der Waals surface area contributed by atoms with Gasteiger partial charge in [-0.2, -0.15) is 0 Å². The molecule has 1 saturated heterocycles. The Morgan fingerprint density at radius 3 is 2.36 bits per heavy atom. The van der Waals surface area contributed by atoms with Gasteiger partial charge in [0.05, 0.1) is 0 Å². The predicted octanol–water partition coefficient (Wildman–Crippen LogP) is -0.251. The van der Waals surface area contributed by atoms with Crippen molar-refractivity contribution >= 4 is 11.9 Å². The summed E-state index contributed by atoms with van der Waals surface area (Å²) in [6.45, 7) is 2.96. The molecule has 1 aliphatic rings. The Kier molecular flexibility index (Phi) is 1.60. The van der Waals surface area contributed by atoms with Crippen LogP contribution in [-0.4, -0.2) is 28.9 Å². The van der Waals surface area contributed by atoms with Crippen LogP contribution in [0.1, 0.15) is 13.8 Å². The fourth-order valence-corrected chi connectivity index (χ4v) is 0.803. The third-order valence-corrected chi connectivity index (χ3v) is 1.19. The minimum Gasteiger partial charge on any atom is -0.479 e. The van der Waals surface area contributed by atoms with Gasteiger partial charge in [-0.15, -0.1) is 0 Å². The van der Waals surface area contributed by atoms with Gasteiger partial charge in [0.15, 0.2) is 0 Å². The molecule has 0 saturated carbocycles. The Hall–Kier alpha value is -1.10. The molecule has 0 radical (unpaired) electrons. The zero-order chi connectivity index (χ0) is 8.65. The summed E-state index contributed by atoms with van der Waals surface area (Å²) < 4.78 is 9.33. The third-order valence-electron chi connectivity index (χ3n) is 1.19. The molecule has 0 aromatic heterocycles. The third kappa shape index (κ3) is 1.48. The second-order valence-corrected chi connectivity index (χ2v) is 2.66. The number of carbonyl (C=O) groups excluding carboxylic acids is 1. The zero-order valence-corrected chi connectivity index (χ0v) is 6.16. The van der Waals surface area contributed by atoms with Crippen LogP contribution in [0.4, 0.5) is 0 Å². The maximum atomic E-state index is 10.7. The Balaban J connectivity index is 2.74. The van der Waals surface area contributed by atoms with Crippen molar-refractivity contribution in [1.82, 2.24) is 0 Å². The van der Waals surface area contributed by atoms with Crippen LogP contribution in [0.3, 0.4) is 0 Å². The average Bonchev–Trinajstić information content (AvgIpc) is 2.05. The summed E-state index contributed by atoms with van der Waals surface area (Å²) in [4.78, 5) is 21.0. The molecule has 0 spiro atoms. The van der Waals surface area contributed by atoms with E-state index < -0.39 is 23.8 Å². The summed E-state index contributed by atoms with van der Waals surface area (Å²) in [5.74, 6) is -3.27. The first-order valence-corrected chi connectivity index (χ1v) is 3.06. The summed E-state index contributed by atoms with van der Waals surface area (Å²) >= 11 is 0. The number of rotatable bonds is 1. The van der Waals surface area contributed by atoms with Gasteiger partial charge < -0.3 is 14.6 Å². The van der Waals surface area contributed by atoms with Gasteiger partial charge in [-0.25, -0.2) is 9.59 Å². The van der Waals surface area contributed by atoms with Gasteiger partial charge in [0.1, 0.15) is 0 Å². The van der Waals surface area contributed by atoms with Crippen LogP contribution < -0.4 is 0 Å². The molecule has 0 bridgehead atoms. The van der Waals surface area contributed by atoms with Crippen molar-refractivity contribution in [3.05, 3.63) is 0 Å². The van der Waals surface area contributed by atoms with Crippen molar-refractivity contribution < 1.29 is 24.2 Å². The molecule has 0 unspecified atom stereocenters. The number of aliphatic carboxylic acids is 1. The Labute approximate surface area is 62.9 Å². The van der Waals surface area contributed by atoms with E-state index in [1.165, 1.54) is 13.8 Å². The number of hydrogen-bond acceptors (Lipinski definition) is 4. The van der Waals surface area contributed by atoms with E-state index in [0.717, 1.165) is 0 Å². The molecule has 0 aliphatic carbocycles. The van der Waals surface area contributed by atoms with Crippen molar-refractivity contribution in [3.8, 4) is 0 Å². The van der Waals surface area contributed by atoms with Crippen molar-refractivity contribution in [2.24, 2.45) is 0 Å². The lowest BCUT2D eigenvalue weighted by atomic mass is 10.4. The SMILES string of the molecule is CC1(C)OC(=O)[C@H](C(=O)O)O1.